The molecule has 0 spiro atoms. The minimum Gasteiger partial charge on any atom is -0.496 e. The predicted octanol–water partition coefficient (Wildman–Crippen LogP) is 2.92. The fourth-order valence-electron chi connectivity index (χ4n) is 4.54. The van der Waals surface area contributed by atoms with Crippen LogP contribution < -0.4 is 4.74 Å². The zero-order valence-electron chi connectivity index (χ0n) is 14.6. The van der Waals surface area contributed by atoms with E-state index in [1.54, 1.807) is 7.11 Å². The highest BCUT2D eigenvalue weighted by molar-refractivity contribution is 5.81. The summed E-state index contributed by atoms with van der Waals surface area (Å²) in [4.78, 5) is 17.2. The van der Waals surface area contributed by atoms with Crippen molar-refractivity contribution >= 4 is 5.91 Å². The minimum atomic E-state index is 0.356. The van der Waals surface area contributed by atoms with E-state index in [1.807, 2.05) is 12.1 Å². The van der Waals surface area contributed by atoms with Gasteiger partial charge in [-0.05, 0) is 50.6 Å². The van der Waals surface area contributed by atoms with Gasteiger partial charge in [0.25, 0.3) is 0 Å². The van der Waals surface area contributed by atoms with Crippen molar-refractivity contribution in [3.63, 3.8) is 0 Å². The lowest BCUT2D eigenvalue weighted by atomic mass is 9.83. The van der Waals surface area contributed by atoms with E-state index in [4.69, 9.17) is 4.74 Å². The molecule has 2 atom stereocenters. The first kappa shape index (κ1) is 15.9. The second-order valence-corrected chi connectivity index (χ2v) is 7.60. The molecule has 3 fully saturated rings. The molecular weight excluding hydrogens is 300 g/mol. The highest BCUT2D eigenvalue weighted by Gasteiger charge is 2.40. The average molecular weight is 328 g/mol. The summed E-state index contributed by atoms with van der Waals surface area (Å²) in [7, 11) is 1.75. The predicted molar refractivity (Wildman–Crippen MR) is 93.8 cm³/mol. The number of benzene rings is 1. The summed E-state index contributed by atoms with van der Waals surface area (Å²) in [6, 6.07) is 8.97. The SMILES string of the molecule is COc1ccccc1CN1CCC[C@@H]2CN(C(=O)C3CC3)CC[C@@H]21. The lowest BCUT2D eigenvalue weighted by Crippen LogP contribution is -2.55. The standard InChI is InChI=1S/C20H28N2O2/c1-24-19-7-3-2-5-17(19)14-21-11-4-6-16-13-22(12-10-18(16)21)20(23)15-8-9-15/h2-3,5,7,15-16,18H,4,6,8-14H2,1H3/t16-,18+/m1/s1. The van der Waals surface area contributed by atoms with E-state index in [-0.39, 0.29) is 0 Å². The van der Waals surface area contributed by atoms with Crippen LogP contribution in [0.15, 0.2) is 24.3 Å². The van der Waals surface area contributed by atoms with Crippen LogP contribution in [-0.2, 0) is 11.3 Å². The van der Waals surface area contributed by atoms with Crippen molar-refractivity contribution in [1.82, 2.24) is 9.80 Å². The molecule has 2 saturated heterocycles. The highest BCUT2D eigenvalue weighted by atomic mass is 16.5. The molecule has 0 radical (unpaired) electrons. The largest absolute Gasteiger partial charge is 0.496 e. The van der Waals surface area contributed by atoms with Crippen molar-refractivity contribution in [2.75, 3.05) is 26.7 Å². The molecule has 1 saturated carbocycles. The van der Waals surface area contributed by atoms with E-state index >= 15 is 0 Å². The Morgan fingerprint density at radius 3 is 2.79 bits per heavy atom. The number of ether oxygens (including phenoxy) is 1. The Balaban J connectivity index is 1.43. The quantitative estimate of drug-likeness (QED) is 0.852. The summed E-state index contributed by atoms with van der Waals surface area (Å²) < 4.78 is 5.53. The maximum absolute atomic E-state index is 12.4. The van der Waals surface area contributed by atoms with Crippen LogP contribution >= 0.6 is 0 Å². The third-order valence-corrected chi connectivity index (χ3v) is 5.99. The highest BCUT2D eigenvalue weighted by Crippen LogP contribution is 2.36. The average Bonchev–Trinajstić information content (AvgIpc) is 3.46. The summed E-state index contributed by atoms with van der Waals surface area (Å²) in [5, 5.41) is 0. The van der Waals surface area contributed by atoms with Gasteiger partial charge in [-0.25, -0.2) is 0 Å². The van der Waals surface area contributed by atoms with Gasteiger partial charge in [0.2, 0.25) is 5.91 Å². The molecule has 2 aliphatic heterocycles. The summed E-state index contributed by atoms with van der Waals surface area (Å²) in [6.07, 6.45) is 5.86. The molecular formula is C20H28N2O2. The van der Waals surface area contributed by atoms with Gasteiger partial charge in [0.1, 0.15) is 5.75 Å². The van der Waals surface area contributed by atoms with Gasteiger partial charge in [-0.1, -0.05) is 18.2 Å². The molecule has 130 valence electrons. The molecule has 0 N–H and O–H groups in total. The molecule has 0 aromatic heterocycles. The van der Waals surface area contributed by atoms with Gasteiger partial charge in [0.05, 0.1) is 7.11 Å². The van der Waals surface area contributed by atoms with Gasteiger partial charge in [-0.15, -0.1) is 0 Å². The number of methoxy groups -OCH3 is 1. The van der Waals surface area contributed by atoms with E-state index in [0.717, 1.165) is 51.2 Å². The number of hydrogen-bond acceptors (Lipinski definition) is 3. The van der Waals surface area contributed by atoms with Gasteiger partial charge >= 0.3 is 0 Å². The Labute approximate surface area is 144 Å². The Bertz CT molecular complexity index is 599. The lowest BCUT2D eigenvalue weighted by molar-refractivity contribution is -0.136. The molecule has 1 aliphatic carbocycles. The first-order valence-electron chi connectivity index (χ1n) is 9.41. The molecule has 4 rings (SSSR count). The van der Waals surface area contributed by atoms with E-state index in [2.05, 4.69) is 21.9 Å². The smallest absolute Gasteiger partial charge is 0.225 e. The van der Waals surface area contributed by atoms with Gasteiger partial charge < -0.3 is 9.64 Å². The van der Waals surface area contributed by atoms with Crippen molar-refractivity contribution in [1.29, 1.82) is 0 Å². The summed E-state index contributed by atoms with van der Waals surface area (Å²) in [6.45, 7) is 4.04. The van der Waals surface area contributed by atoms with Crippen molar-refractivity contribution in [2.45, 2.75) is 44.7 Å². The van der Waals surface area contributed by atoms with Gasteiger partial charge in [0.15, 0.2) is 0 Å². The van der Waals surface area contributed by atoms with Crippen molar-refractivity contribution in [3.8, 4) is 5.75 Å². The van der Waals surface area contributed by atoms with E-state index in [9.17, 15) is 4.79 Å². The van der Waals surface area contributed by atoms with Gasteiger partial charge in [-0.2, -0.15) is 0 Å². The zero-order chi connectivity index (χ0) is 16.5. The molecule has 1 aromatic carbocycles. The van der Waals surface area contributed by atoms with Crippen LogP contribution in [0.3, 0.4) is 0 Å². The fraction of sp³-hybridized carbons (Fsp3) is 0.650. The minimum absolute atomic E-state index is 0.356. The van der Waals surface area contributed by atoms with Crippen LogP contribution in [0.1, 0.15) is 37.7 Å². The van der Waals surface area contributed by atoms with Crippen LogP contribution in [-0.4, -0.2) is 48.5 Å². The Hall–Kier alpha value is -1.55. The Morgan fingerprint density at radius 2 is 2.00 bits per heavy atom. The number of rotatable bonds is 4. The lowest BCUT2D eigenvalue weighted by Gasteiger charge is -2.47. The molecule has 1 amide bonds. The maximum Gasteiger partial charge on any atom is 0.225 e. The van der Waals surface area contributed by atoms with E-state index < -0.39 is 0 Å². The molecule has 24 heavy (non-hydrogen) atoms. The van der Waals surface area contributed by atoms with Crippen LogP contribution in [0.25, 0.3) is 0 Å². The van der Waals surface area contributed by atoms with E-state index in [1.165, 1.54) is 18.4 Å². The molecule has 1 aromatic rings. The first-order chi connectivity index (χ1) is 11.8. The molecule has 4 nitrogen and oxygen atoms in total. The van der Waals surface area contributed by atoms with Crippen molar-refractivity contribution in [2.24, 2.45) is 11.8 Å². The molecule has 4 heteroatoms. The number of carbonyl (C=O) groups is 1. The molecule has 0 unspecified atom stereocenters. The van der Waals surface area contributed by atoms with Crippen LogP contribution in [0.4, 0.5) is 0 Å². The third kappa shape index (κ3) is 3.16. The van der Waals surface area contributed by atoms with Gasteiger partial charge in [-0.3, -0.25) is 9.69 Å². The summed E-state index contributed by atoms with van der Waals surface area (Å²) in [5.41, 5.74) is 1.28. The van der Waals surface area contributed by atoms with E-state index in [0.29, 0.717) is 23.8 Å². The number of fused-ring (bicyclic) bond motifs is 1. The summed E-state index contributed by atoms with van der Waals surface area (Å²) >= 11 is 0. The second kappa shape index (κ2) is 6.75. The number of hydrogen-bond donors (Lipinski definition) is 0. The van der Waals surface area contributed by atoms with Crippen LogP contribution in [0.2, 0.25) is 0 Å². The topological polar surface area (TPSA) is 32.8 Å². The monoisotopic (exact) mass is 328 g/mol. The number of piperidine rings is 2. The van der Waals surface area contributed by atoms with Crippen molar-refractivity contribution < 1.29 is 9.53 Å². The molecule has 0 bridgehead atoms. The molecule has 3 aliphatic rings. The number of nitrogens with zero attached hydrogens (tertiary/aromatic N) is 2. The molecule has 2 heterocycles. The van der Waals surface area contributed by atoms with Crippen LogP contribution in [0, 0.1) is 11.8 Å². The third-order valence-electron chi connectivity index (χ3n) is 5.99. The van der Waals surface area contributed by atoms with Crippen LogP contribution in [0.5, 0.6) is 5.75 Å². The summed E-state index contributed by atoms with van der Waals surface area (Å²) in [5.74, 6) is 2.41. The maximum atomic E-state index is 12.4. The number of amides is 1. The van der Waals surface area contributed by atoms with Gasteiger partial charge in [0, 0.05) is 37.2 Å². The van der Waals surface area contributed by atoms with Crippen molar-refractivity contribution in [3.05, 3.63) is 29.8 Å². The Morgan fingerprint density at radius 1 is 1.17 bits per heavy atom. The number of likely N-dealkylation sites (tertiary alicyclic amines) is 2. The zero-order valence-corrected chi connectivity index (χ0v) is 14.6. The first-order valence-corrected chi connectivity index (χ1v) is 9.41. The Kier molecular flexibility index (Phi) is 4.49. The normalized spacial score (nSPS) is 27.6. The second-order valence-electron chi connectivity index (χ2n) is 7.60. The number of para-hydroxylation sites is 1. The number of carbonyl (C=O) groups excluding carboxylic acids is 1. The fourth-order valence-corrected chi connectivity index (χ4v) is 4.54.